The van der Waals surface area contributed by atoms with Gasteiger partial charge >= 0.3 is 0 Å². The molecule has 3 aromatic rings. The maximum atomic E-state index is 12.1. The smallest absolute Gasteiger partial charge is 0.270 e. The third kappa shape index (κ3) is 3.30. The van der Waals surface area contributed by atoms with Gasteiger partial charge in [-0.2, -0.15) is 4.98 Å². The van der Waals surface area contributed by atoms with Crippen LogP contribution in [0.2, 0.25) is 0 Å². The third-order valence-electron chi connectivity index (χ3n) is 3.63. The number of carbonyl (C=O) groups is 1. The minimum atomic E-state index is -0.236. The number of rotatable bonds is 6. The van der Waals surface area contributed by atoms with E-state index in [0.717, 1.165) is 23.5 Å². The molecule has 0 radical (unpaired) electrons. The molecule has 0 saturated heterocycles. The standard InChI is InChI=1S/C17H15N3O3S/c21-14(10-22-12-4-2-1-3-5-12)18-13-8-9-24-15(13)17-19-16(20-23-17)11-6-7-11/h1-5,8-9,11H,6-7,10H2,(H,18,21). The summed E-state index contributed by atoms with van der Waals surface area (Å²) in [7, 11) is 0. The van der Waals surface area contributed by atoms with Gasteiger partial charge in [0.15, 0.2) is 12.4 Å². The fourth-order valence-corrected chi connectivity index (χ4v) is 3.03. The number of amides is 1. The quantitative estimate of drug-likeness (QED) is 0.740. The fraction of sp³-hybridized carbons (Fsp3) is 0.235. The van der Waals surface area contributed by atoms with Gasteiger partial charge in [0.05, 0.1) is 5.69 Å². The van der Waals surface area contributed by atoms with Crippen molar-refractivity contribution in [3.8, 4) is 16.5 Å². The molecule has 1 aromatic carbocycles. The molecule has 4 rings (SSSR count). The number of para-hydroxylation sites is 1. The van der Waals surface area contributed by atoms with Gasteiger partial charge < -0.3 is 14.6 Å². The van der Waals surface area contributed by atoms with Crippen molar-refractivity contribution in [1.29, 1.82) is 0 Å². The molecule has 0 aliphatic heterocycles. The monoisotopic (exact) mass is 341 g/mol. The molecule has 0 atom stereocenters. The molecule has 7 heteroatoms. The van der Waals surface area contributed by atoms with Gasteiger partial charge in [0, 0.05) is 5.92 Å². The molecular formula is C17H15N3O3S. The van der Waals surface area contributed by atoms with Crippen LogP contribution in [-0.4, -0.2) is 22.7 Å². The first-order valence-electron chi connectivity index (χ1n) is 7.69. The van der Waals surface area contributed by atoms with Gasteiger partial charge in [0.2, 0.25) is 0 Å². The summed E-state index contributed by atoms with van der Waals surface area (Å²) in [6.45, 7) is -0.0591. The van der Waals surface area contributed by atoms with E-state index in [2.05, 4.69) is 15.5 Å². The van der Waals surface area contributed by atoms with Crippen LogP contribution in [0.5, 0.6) is 5.75 Å². The number of nitrogens with zero attached hydrogens (tertiary/aromatic N) is 2. The van der Waals surface area contributed by atoms with Crippen molar-refractivity contribution in [2.24, 2.45) is 0 Å². The number of aromatic nitrogens is 2. The van der Waals surface area contributed by atoms with E-state index < -0.39 is 0 Å². The fourth-order valence-electron chi connectivity index (χ4n) is 2.26. The summed E-state index contributed by atoms with van der Waals surface area (Å²) in [5, 5.41) is 8.72. The molecule has 1 fully saturated rings. The number of hydrogen-bond donors (Lipinski definition) is 1. The van der Waals surface area contributed by atoms with Crippen LogP contribution in [0, 0.1) is 0 Å². The van der Waals surface area contributed by atoms with Crippen molar-refractivity contribution in [2.45, 2.75) is 18.8 Å². The highest BCUT2D eigenvalue weighted by Crippen LogP contribution is 2.40. The van der Waals surface area contributed by atoms with E-state index in [9.17, 15) is 4.79 Å². The second-order valence-corrected chi connectivity index (χ2v) is 6.46. The van der Waals surface area contributed by atoms with E-state index in [0.29, 0.717) is 23.2 Å². The molecule has 1 amide bonds. The highest BCUT2D eigenvalue weighted by atomic mass is 32.1. The minimum Gasteiger partial charge on any atom is -0.484 e. The van der Waals surface area contributed by atoms with E-state index in [4.69, 9.17) is 9.26 Å². The van der Waals surface area contributed by atoms with Crippen molar-refractivity contribution >= 4 is 22.9 Å². The first-order valence-corrected chi connectivity index (χ1v) is 8.57. The highest BCUT2D eigenvalue weighted by molar-refractivity contribution is 7.14. The third-order valence-corrected chi connectivity index (χ3v) is 4.53. The summed E-state index contributed by atoms with van der Waals surface area (Å²) < 4.78 is 10.8. The van der Waals surface area contributed by atoms with Crippen LogP contribution < -0.4 is 10.1 Å². The summed E-state index contributed by atoms with van der Waals surface area (Å²) in [6.07, 6.45) is 2.23. The second-order valence-electron chi connectivity index (χ2n) is 5.55. The lowest BCUT2D eigenvalue weighted by molar-refractivity contribution is -0.118. The molecule has 2 heterocycles. The predicted octanol–water partition coefficient (Wildman–Crippen LogP) is 3.69. The molecule has 1 aliphatic carbocycles. The van der Waals surface area contributed by atoms with Crippen LogP contribution in [0.15, 0.2) is 46.3 Å². The molecule has 24 heavy (non-hydrogen) atoms. The normalized spacial score (nSPS) is 13.7. The lowest BCUT2D eigenvalue weighted by Gasteiger charge is -2.07. The Bertz CT molecular complexity index is 840. The van der Waals surface area contributed by atoms with E-state index in [1.165, 1.54) is 11.3 Å². The van der Waals surface area contributed by atoms with E-state index in [1.54, 1.807) is 12.1 Å². The summed E-state index contributed by atoms with van der Waals surface area (Å²) in [5.41, 5.74) is 0.660. The molecule has 2 aromatic heterocycles. The van der Waals surface area contributed by atoms with Crippen molar-refractivity contribution in [2.75, 3.05) is 11.9 Å². The van der Waals surface area contributed by atoms with Crippen LogP contribution >= 0.6 is 11.3 Å². The summed E-state index contributed by atoms with van der Waals surface area (Å²) in [4.78, 5) is 17.3. The topological polar surface area (TPSA) is 77.2 Å². The van der Waals surface area contributed by atoms with Crippen LogP contribution in [0.1, 0.15) is 24.6 Å². The Kier molecular flexibility index (Phi) is 4.00. The molecule has 0 spiro atoms. The zero-order valence-electron chi connectivity index (χ0n) is 12.8. The average molecular weight is 341 g/mol. The van der Waals surface area contributed by atoms with Gasteiger partial charge in [-0.05, 0) is 36.4 Å². The molecule has 0 bridgehead atoms. The molecule has 1 N–H and O–H groups in total. The lowest BCUT2D eigenvalue weighted by atomic mass is 10.3. The van der Waals surface area contributed by atoms with Gasteiger partial charge in [-0.15, -0.1) is 11.3 Å². The maximum Gasteiger partial charge on any atom is 0.270 e. The van der Waals surface area contributed by atoms with Crippen LogP contribution in [0.25, 0.3) is 10.8 Å². The molecular weight excluding hydrogens is 326 g/mol. The average Bonchev–Trinajstić information content (AvgIpc) is 3.16. The van der Waals surface area contributed by atoms with E-state index in [1.807, 2.05) is 29.6 Å². The lowest BCUT2D eigenvalue weighted by Crippen LogP contribution is -2.20. The van der Waals surface area contributed by atoms with Crippen LogP contribution in [0.3, 0.4) is 0 Å². The van der Waals surface area contributed by atoms with E-state index >= 15 is 0 Å². The van der Waals surface area contributed by atoms with Crippen molar-refractivity contribution in [3.63, 3.8) is 0 Å². The van der Waals surface area contributed by atoms with Gasteiger partial charge in [0.25, 0.3) is 11.8 Å². The number of thiophene rings is 1. The minimum absolute atomic E-state index is 0.0591. The molecule has 6 nitrogen and oxygen atoms in total. The first-order chi connectivity index (χ1) is 11.8. The second kappa shape index (κ2) is 6.45. The molecule has 1 aliphatic rings. The maximum absolute atomic E-state index is 12.1. The Morgan fingerprint density at radius 1 is 1.29 bits per heavy atom. The zero-order chi connectivity index (χ0) is 16.4. The number of ether oxygens (including phenoxy) is 1. The van der Waals surface area contributed by atoms with Gasteiger partial charge in [-0.1, -0.05) is 23.4 Å². The Morgan fingerprint density at radius 3 is 2.92 bits per heavy atom. The highest BCUT2D eigenvalue weighted by Gasteiger charge is 2.29. The largest absolute Gasteiger partial charge is 0.484 e. The van der Waals surface area contributed by atoms with Gasteiger partial charge in [0.1, 0.15) is 10.6 Å². The number of nitrogens with one attached hydrogen (secondary N) is 1. The van der Waals surface area contributed by atoms with E-state index in [-0.39, 0.29) is 12.5 Å². The summed E-state index contributed by atoms with van der Waals surface area (Å²) in [5.74, 6) is 2.05. The first kappa shape index (κ1) is 14.9. The number of anilines is 1. The summed E-state index contributed by atoms with van der Waals surface area (Å²) in [6, 6.07) is 11.0. The van der Waals surface area contributed by atoms with Gasteiger partial charge in [-0.3, -0.25) is 4.79 Å². The Balaban J connectivity index is 1.41. The predicted molar refractivity (Wildman–Crippen MR) is 90.2 cm³/mol. The number of benzene rings is 1. The molecule has 1 saturated carbocycles. The zero-order valence-corrected chi connectivity index (χ0v) is 13.6. The van der Waals surface area contributed by atoms with Crippen molar-refractivity contribution < 1.29 is 14.1 Å². The van der Waals surface area contributed by atoms with Crippen molar-refractivity contribution in [3.05, 3.63) is 47.6 Å². The van der Waals surface area contributed by atoms with Gasteiger partial charge in [-0.25, -0.2) is 0 Å². The number of hydrogen-bond acceptors (Lipinski definition) is 6. The molecule has 122 valence electrons. The van der Waals surface area contributed by atoms with Crippen molar-refractivity contribution in [1.82, 2.24) is 10.1 Å². The Hall–Kier alpha value is -2.67. The Labute approximate surface area is 142 Å². The SMILES string of the molecule is O=C(COc1ccccc1)Nc1ccsc1-c1nc(C2CC2)no1. The van der Waals surface area contributed by atoms with Crippen LogP contribution in [0.4, 0.5) is 5.69 Å². The molecule has 0 unspecified atom stereocenters. The summed E-state index contributed by atoms with van der Waals surface area (Å²) >= 11 is 1.45. The number of carbonyl (C=O) groups excluding carboxylic acids is 1. The Morgan fingerprint density at radius 2 is 2.12 bits per heavy atom. The van der Waals surface area contributed by atoms with Crippen LogP contribution in [-0.2, 0) is 4.79 Å².